The van der Waals surface area contributed by atoms with Gasteiger partial charge in [-0.15, -0.1) is 16.4 Å². The Kier molecular flexibility index (Phi) is 8.71. The predicted octanol–water partition coefficient (Wildman–Crippen LogP) is 4.50. The van der Waals surface area contributed by atoms with Crippen LogP contribution in [0.5, 0.6) is 0 Å². The Morgan fingerprint density at radius 3 is 1.64 bits per heavy atom. The van der Waals surface area contributed by atoms with Crippen LogP contribution in [0.2, 0.25) is 0 Å². The lowest BCUT2D eigenvalue weighted by atomic mass is 9.59. The van der Waals surface area contributed by atoms with Crippen molar-refractivity contribution < 1.29 is 4.42 Å². The van der Waals surface area contributed by atoms with E-state index in [0.29, 0.717) is 17.5 Å². The molecule has 0 atom stereocenters. The van der Waals surface area contributed by atoms with Crippen LogP contribution in [0.4, 0.5) is 0 Å². The Labute approximate surface area is 358 Å². The summed E-state index contributed by atoms with van der Waals surface area (Å²) in [4.78, 5) is 15.2. The Morgan fingerprint density at radius 2 is 0.918 bits per heavy atom. The van der Waals surface area contributed by atoms with Crippen LogP contribution in [-0.2, 0) is 0 Å². The highest BCUT2D eigenvalue weighted by molar-refractivity contribution is 6.68. The van der Waals surface area contributed by atoms with Crippen LogP contribution in [0.1, 0.15) is 0 Å². The molecule has 0 fully saturated rings. The van der Waals surface area contributed by atoms with Crippen molar-refractivity contribution in [1.82, 2.24) is 19.5 Å². The number of hydrogen-bond acceptors (Lipinski definition) is 4. The Hall–Kier alpha value is -7.31. The molecule has 8 aromatic carbocycles. The highest BCUT2D eigenvalue weighted by Gasteiger charge is 2.19. The van der Waals surface area contributed by atoms with E-state index in [2.05, 4.69) is 177 Å². The van der Waals surface area contributed by atoms with Crippen LogP contribution >= 0.6 is 0 Å². The lowest BCUT2D eigenvalue weighted by molar-refractivity contribution is 0.670. The predicted molar refractivity (Wildman–Crippen MR) is 270 cm³/mol. The van der Waals surface area contributed by atoms with Gasteiger partial charge in [0.2, 0.25) is 0 Å². The van der Waals surface area contributed by atoms with Gasteiger partial charge in [-0.1, -0.05) is 132 Å². The summed E-state index contributed by atoms with van der Waals surface area (Å²) in [7, 11) is 11.1. The second-order valence-electron chi connectivity index (χ2n) is 16.2. The number of nitrogens with zero attached hydrogens (tertiary/aromatic N) is 4. The van der Waals surface area contributed by atoms with E-state index in [-0.39, 0.29) is 0 Å². The van der Waals surface area contributed by atoms with E-state index in [1.165, 1.54) is 60.2 Å². The number of para-hydroxylation sites is 3. The number of fused-ring (bicyclic) bond motifs is 6. The van der Waals surface area contributed by atoms with Crippen molar-refractivity contribution in [3.63, 3.8) is 0 Å². The van der Waals surface area contributed by atoms with Gasteiger partial charge in [0, 0.05) is 49.5 Å². The summed E-state index contributed by atoms with van der Waals surface area (Å²) < 4.78 is 9.17. The van der Waals surface area contributed by atoms with Gasteiger partial charge in [0.15, 0.2) is 17.5 Å². The first kappa shape index (κ1) is 36.8. The summed E-state index contributed by atoms with van der Waals surface area (Å²) in [6.07, 6.45) is 0. The minimum Gasteiger partial charge on any atom is -0.455 e. The molecular formula is C51H37B5N4O. The zero-order chi connectivity index (χ0) is 41.4. The van der Waals surface area contributed by atoms with Crippen LogP contribution in [0.3, 0.4) is 0 Å². The zero-order valence-corrected chi connectivity index (χ0v) is 34.8. The van der Waals surface area contributed by atoms with Gasteiger partial charge in [-0.2, -0.15) is 0 Å². The normalized spacial score (nSPS) is 11.6. The maximum Gasteiger partial charge on any atom is 0.164 e. The monoisotopic (exact) mass is 776 g/mol. The molecule has 0 radical (unpaired) electrons. The van der Waals surface area contributed by atoms with Crippen LogP contribution in [0.25, 0.3) is 106 Å². The quantitative estimate of drug-likeness (QED) is 0.234. The first-order valence-electron chi connectivity index (χ1n) is 20.9. The average molecular weight is 776 g/mol. The van der Waals surface area contributed by atoms with Gasteiger partial charge in [-0.3, -0.25) is 0 Å². The number of benzene rings is 8. The van der Waals surface area contributed by atoms with E-state index in [1.807, 2.05) is 30.3 Å². The minimum absolute atomic E-state index is 0.590. The second-order valence-corrected chi connectivity index (χ2v) is 16.2. The molecule has 0 aliphatic heterocycles. The van der Waals surface area contributed by atoms with Gasteiger partial charge in [-0.25, -0.2) is 15.0 Å². The van der Waals surface area contributed by atoms with Gasteiger partial charge >= 0.3 is 0 Å². The van der Waals surface area contributed by atoms with Gasteiger partial charge in [0.05, 0.1) is 11.0 Å². The molecule has 0 bridgehead atoms. The van der Waals surface area contributed by atoms with Crippen molar-refractivity contribution in [1.29, 1.82) is 0 Å². The topological polar surface area (TPSA) is 56.7 Å². The average Bonchev–Trinajstić information content (AvgIpc) is 3.86. The lowest BCUT2D eigenvalue weighted by Gasteiger charge is -2.20. The Morgan fingerprint density at radius 1 is 0.377 bits per heavy atom. The fraction of sp³-hybridized carbons (Fsp3) is 0. The summed E-state index contributed by atoms with van der Waals surface area (Å²) in [5.41, 5.74) is 19.2. The molecule has 3 aromatic heterocycles. The molecular weight excluding hydrogens is 739 g/mol. The molecule has 0 aliphatic rings. The molecule has 0 aliphatic carbocycles. The van der Waals surface area contributed by atoms with Crippen molar-refractivity contribution in [2.75, 3.05) is 0 Å². The fourth-order valence-electron chi connectivity index (χ4n) is 9.23. The van der Waals surface area contributed by atoms with E-state index >= 15 is 0 Å². The van der Waals surface area contributed by atoms with E-state index in [9.17, 15) is 0 Å². The van der Waals surface area contributed by atoms with Gasteiger partial charge in [0.1, 0.15) is 50.4 Å². The molecule has 0 unspecified atom stereocenters. The first-order valence-corrected chi connectivity index (χ1v) is 20.9. The summed E-state index contributed by atoms with van der Waals surface area (Å²) in [5, 5.41) is 4.53. The molecule has 5 nitrogen and oxygen atoms in total. The lowest BCUT2D eigenvalue weighted by Crippen LogP contribution is -2.55. The van der Waals surface area contributed by atoms with Crippen LogP contribution in [0.15, 0.2) is 168 Å². The molecule has 10 heteroatoms. The summed E-state index contributed by atoms with van der Waals surface area (Å²) in [6, 6.07) is 57.5. The maximum absolute atomic E-state index is 6.83. The number of hydrogen-bond donors (Lipinski definition) is 0. The van der Waals surface area contributed by atoms with Crippen LogP contribution in [-0.4, -0.2) is 58.8 Å². The third kappa shape index (κ3) is 6.04. The Bertz CT molecular complexity index is 3500. The van der Waals surface area contributed by atoms with E-state index in [0.717, 1.165) is 55.4 Å². The van der Waals surface area contributed by atoms with Gasteiger partial charge < -0.3 is 8.98 Å². The second kappa shape index (κ2) is 14.5. The van der Waals surface area contributed by atoms with E-state index in [1.54, 1.807) is 0 Å². The smallest absolute Gasteiger partial charge is 0.164 e. The van der Waals surface area contributed by atoms with Crippen molar-refractivity contribution >= 4 is 110 Å². The SMILES string of the molecule is Bc1c(B)c(B)c(-c2ccc(-c3nc(-c4ccccc4)nc(-c4ccc5c(c4)oc4c(-c6ccc7c(c6)c6ccccc6n7-c6ccccc6)cccc45)n3)cc2)c(B)c1B. The summed E-state index contributed by atoms with van der Waals surface area (Å²) in [6.45, 7) is 0. The molecule has 3 heterocycles. The summed E-state index contributed by atoms with van der Waals surface area (Å²) in [5.74, 6) is 1.83. The first-order chi connectivity index (χ1) is 29.8. The molecule has 11 rings (SSSR count). The third-order valence-electron chi connectivity index (χ3n) is 12.9. The molecule has 0 saturated carbocycles. The molecule has 11 aromatic rings. The van der Waals surface area contributed by atoms with Gasteiger partial charge in [0.25, 0.3) is 0 Å². The van der Waals surface area contributed by atoms with Crippen molar-refractivity contribution in [3.05, 3.63) is 164 Å². The van der Waals surface area contributed by atoms with E-state index < -0.39 is 0 Å². The highest BCUT2D eigenvalue weighted by Crippen LogP contribution is 2.40. The maximum atomic E-state index is 6.83. The number of aromatic nitrogens is 4. The third-order valence-corrected chi connectivity index (χ3v) is 12.9. The van der Waals surface area contributed by atoms with Crippen molar-refractivity contribution in [2.24, 2.45) is 0 Å². The largest absolute Gasteiger partial charge is 0.455 e. The molecule has 0 saturated heterocycles. The minimum atomic E-state index is 0.590. The number of furan rings is 1. The van der Waals surface area contributed by atoms with Crippen LogP contribution < -0.4 is 27.3 Å². The van der Waals surface area contributed by atoms with Gasteiger partial charge in [-0.05, 0) is 59.2 Å². The van der Waals surface area contributed by atoms with Crippen LogP contribution in [0, 0.1) is 0 Å². The zero-order valence-electron chi connectivity index (χ0n) is 34.8. The summed E-state index contributed by atoms with van der Waals surface area (Å²) >= 11 is 0. The molecule has 282 valence electrons. The molecule has 61 heavy (non-hydrogen) atoms. The molecule has 0 spiro atoms. The van der Waals surface area contributed by atoms with Crippen molar-refractivity contribution in [3.8, 4) is 62.1 Å². The molecule has 0 N–H and O–H groups in total. The van der Waals surface area contributed by atoms with E-state index in [4.69, 9.17) is 19.4 Å². The standard InChI is InChI=1S/C51H37B5N4O/c52-43-42(44(53)46(55)47(56)45(43)54)28-18-20-30(21-19-28)50-57-49(29-10-3-1-4-11-29)58-51(59-50)32-22-24-36-37-16-9-15-34(48(37)61-41(36)27-32)31-23-25-40-38(26-31)35-14-7-8-17-39(35)60(40)33-12-5-2-6-13-33/h1-27H,52-56H2. The Balaban J connectivity index is 1.01. The van der Waals surface area contributed by atoms with Crippen molar-refractivity contribution in [2.45, 2.75) is 0 Å². The number of rotatable bonds is 6. The fourth-order valence-corrected chi connectivity index (χ4v) is 9.23. The highest BCUT2D eigenvalue weighted by atomic mass is 16.3. The molecule has 0 amide bonds.